The quantitative estimate of drug-likeness (QED) is 0.372. The fourth-order valence-electron chi connectivity index (χ4n) is 2.48. The lowest BCUT2D eigenvalue weighted by molar-refractivity contribution is -0.105. The van der Waals surface area contributed by atoms with Gasteiger partial charge in [-0.05, 0) is 64.7 Å². The standard InChI is InChI=1S/C11H21NO2.C8H10N2O.C2H6.HI.2H2/c1-11(2,3)14-10(13)12-9-7-5-4-6-8-9;1-6-3-8(10-5-11)9-4-7(6)2;1-2;;;/h9H,4-8H2,1-3H3,(H,12,13);3-5H,1-2H3,(H,9,10,11);1-2H3;3*1H. The molecule has 1 aromatic rings. The molecule has 28 heavy (non-hydrogen) atoms. The number of alkyl carbamates (subject to hydrolysis) is 1. The van der Waals surface area contributed by atoms with E-state index in [4.69, 9.17) is 4.74 Å². The van der Waals surface area contributed by atoms with Crippen molar-refractivity contribution in [2.45, 2.75) is 92.2 Å². The molecule has 0 unspecified atom stereocenters. The summed E-state index contributed by atoms with van der Waals surface area (Å²) in [6.45, 7) is 13.6. The van der Waals surface area contributed by atoms with Gasteiger partial charge in [-0.1, -0.05) is 33.1 Å². The Balaban J connectivity index is -0.000000194. The van der Waals surface area contributed by atoms with E-state index >= 15 is 0 Å². The highest BCUT2D eigenvalue weighted by molar-refractivity contribution is 14.0. The van der Waals surface area contributed by atoms with Crippen molar-refractivity contribution in [2.75, 3.05) is 5.32 Å². The third-order valence-corrected chi connectivity index (χ3v) is 3.91. The lowest BCUT2D eigenvalue weighted by atomic mass is 9.96. The van der Waals surface area contributed by atoms with Crippen molar-refractivity contribution in [3.05, 3.63) is 23.4 Å². The summed E-state index contributed by atoms with van der Waals surface area (Å²) >= 11 is 0. The highest BCUT2D eigenvalue weighted by Gasteiger charge is 2.20. The van der Waals surface area contributed by atoms with Crippen molar-refractivity contribution < 1.29 is 17.2 Å². The molecule has 166 valence electrons. The van der Waals surface area contributed by atoms with E-state index in [0.29, 0.717) is 18.3 Å². The maximum absolute atomic E-state index is 11.4. The molecule has 0 bridgehead atoms. The van der Waals surface area contributed by atoms with Gasteiger partial charge in [0.2, 0.25) is 6.41 Å². The van der Waals surface area contributed by atoms with E-state index in [1.807, 2.05) is 54.5 Å². The van der Waals surface area contributed by atoms with Gasteiger partial charge in [-0.3, -0.25) is 4.79 Å². The summed E-state index contributed by atoms with van der Waals surface area (Å²) in [6.07, 6.45) is 8.02. The van der Waals surface area contributed by atoms with Crippen LogP contribution in [0.15, 0.2) is 12.3 Å². The van der Waals surface area contributed by atoms with Crippen molar-refractivity contribution >= 4 is 42.3 Å². The Morgan fingerprint density at radius 3 is 2.21 bits per heavy atom. The zero-order valence-corrected chi connectivity index (χ0v) is 20.8. The molecular formula is C21H42IN3O3. The number of hydrogen-bond donors (Lipinski definition) is 2. The first-order valence-electron chi connectivity index (χ1n) is 9.84. The smallest absolute Gasteiger partial charge is 0.407 e. The van der Waals surface area contributed by atoms with Crippen molar-refractivity contribution in [3.8, 4) is 0 Å². The zero-order valence-electron chi connectivity index (χ0n) is 18.4. The minimum Gasteiger partial charge on any atom is -0.444 e. The Bertz CT molecular complexity index is 579. The maximum Gasteiger partial charge on any atom is 0.407 e. The third kappa shape index (κ3) is 13.7. The highest BCUT2D eigenvalue weighted by Crippen LogP contribution is 2.18. The predicted molar refractivity (Wildman–Crippen MR) is 131 cm³/mol. The van der Waals surface area contributed by atoms with Crippen LogP contribution in [0.25, 0.3) is 0 Å². The normalized spacial score (nSPS) is 13.4. The molecule has 7 heteroatoms. The fourth-order valence-corrected chi connectivity index (χ4v) is 2.48. The van der Waals surface area contributed by atoms with E-state index in [1.54, 1.807) is 6.20 Å². The lowest BCUT2D eigenvalue weighted by Crippen LogP contribution is -2.39. The number of rotatable bonds is 3. The molecule has 1 aromatic heterocycles. The largest absolute Gasteiger partial charge is 0.444 e. The van der Waals surface area contributed by atoms with Gasteiger partial charge in [-0.15, -0.1) is 24.0 Å². The molecule has 0 radical (unpaired) electrons. The molecule has 2 N–H and O–H groups in total. The van der Waals surface area contributed by atoms with Crippen LogP contribution in [0.5, 0.6) is 0 Å². The van der Waals surface area contributed by atoms with Crippen LogP contribution in [0.2, 0.25) is 0 Å². The van der Waals surface area contributed by atoms with E-state index in [2.05, 4.69) is 15.6 Å². The SMILES string of the molecule is CC.CC(C)(C)OC(=O)NC1CCCCC1.Cc1cnc(NC=O)cc1C.I.[HH].[HH]. The number of hydrogen-bond acceptors (Lipinski definition) is 4. The van der Waals surface area contributed by atoms with E-state index < -0.39 is 5.60 Å². The van der Waals surface area contributed by atoms with Gasteiger partial charge in [0.25, 0.3) is 0 Å². The number of carbonyl (C=O) groups excluding carboxylic acids is 2. The molecule has 1 aliphatic carbocycles. The number of nitrogens with one attached hydrogen (secondary N) is 2. The van der Waals surface area contributed by atoms with Crippen LogP contribution >= 0.6 is 24.0 Å². The molecular weight excluding hydrogens is 469 g/mol. The van der Waals surface area contributed by atoms with Crippen LogP contribution in [0, 0.1) is 13.8 Å². The van der Waals surface area contributed by atoms with Crippen molar-refractivity contribution in [1.82, 2.24) is 10.3 Å². The maximum atomic E-state index is 11.4. The van der Waals surface area contributed by atoms with Gasteiger partial charge < -0.3 is 15.4 Å². The Morgan fingerprint density at radius 2 is 1.75 bits per heavy atom. The van der Waals surface area contributed by atoms with Crippen LogP contribution < -0.4 is 10.6 Å². The summed E-state index contributed by atoms with van der Waals surface area (Å²) in [7, 11) is 0. The van der Waals surface area contributed by atoms with E-state index in [-0.39, 0.29) is 32.9 Å². The van der Waals surface area contributed by atoms with Crippen LogP contribution in [-0.4, -0.2) is 29.1 Å². The number of carbonyl (C=O) groups is 2. The first-order chi connectivity index (χ1) is 12.7. The number of anilines is 1. The molecule has 0 saturated heterocycles. The zero-order chi connectivity index (χ0) is 20.9. The summed E-state index contributed by atoms with van der Waals surface area (Å²) in [6, 6.07) is 2.17. The summed E-state index contributed by atoms with van der Waals surface area (Å²) in [5, 5.41) is 5.40. The van der Waals surface area contributed by atoms with E-state index in [0.717, 1.165) is 24.0 Å². The van der Waals surface area contributed by atoms with Crippen LogP contribution in [0.4, 0.5) is 10.6 Å². The summed E-state index contributed by atoms with van der Waals surface area (Å²) in [4.78, 5) is 25.4. The Hall–Kier alpha value is -1.38. The van der Waals surface area contributed by atoms with Crippen LogP contribution in [-0.2, 0) is 9.53 Å². The number of pyridine rings is 1. The number of aromatic nitrogens is 1. The average Bonchev–Trinajstić information content (AvgIpc) is 2.60. The Morgan fingerprint density at radius 1 is 1.18 bits per heavy atom. The van der Waals surface area contributed by atoms with Gasteiger partial charge in [0.1, 0.15) is 11.4 Å². The molecule has 0 aliphatic heterocycles. The summed E-state index contributed by atoms with van der Waals surface area (Å²) < 4.78 is 5.19. The second-order valence-corrected chi connectivity index (χ2v) is 7.40. The number of halogens is 1. The van der Waals surface area contributed by atoms with E-state index in [9.17, 15) is 9.59 Å². The molecule has 0 atom stereocenters. The van der Waals surface area contributed by atoms with Crippen LogP contribution in [0.1, 0.15) is 80.7 Å². The summed E-state index contributed by atoms with van der Waals surface area (Å²) in [5.74, 6) is 0.600. The van der Waals surface area contributed by atoms with Gasteiger partial charge in [0, 0.05) is 15.1 Å². The highest BCUT2D eigenvalue weighted by atomic mass is 127. The predicted octanol–water partition coefficient (Wildman–Crippen LogP) is 6.25. The van der Waals surface area contributed by atoms with E-state index in [1.165, 1.54) is 19.3 Å². The van der Waals surface area contributed by atoms with Crippen molar-refractivity contribution in [1.29, 1.82) is 0 Å². The minimum atomic E-state index is -0.390. The number of amides is 2. The Labute approximate surface area is 190 Å². The monoisotopic (exact) mass is 511 g/mol. The number of aryl methyl sites for hydroxylation is 2. The lowest BCUT2D eigenvalue weighted by Gasteiger charge is -2.25. The second kappa shape index (κ2) is 15.5. The number of ether oxygens (including phenoxy) is 1. The van der Waals surface area contributed by atoms with Gasteiger partial charge in [-0.25, -0.2) is 9.78 Å². The molecule has 6 nitrogen and oxygen atoms in total. The molecule has 0 aromatic carbocycles. The van der Waals surface area contributed by atoms with Gasteiger partial charge in [0.15, 0.2) is 0 Å². The van der Waals surface area contributed by atoms with Crippen molar-refractivity contribution in [2.24, 2.45) is 0 Å². The Kier molecular flexibility index (Phi) is 16.0. The molecule has 1 saturated carbocycles. The molecule has 1 heterocycles. The average molecular weight is 511 g/mol. The molecule has 1 fully saturated rings. The molecule has 1 aliphatic rings. The fraction of sp³-hybridized carbons (Fsp3) is 0.667. The van der Waals surface area contributed by atoms with Gasteiger partial charge in [-0.2, -0.15) is 0 Å². The molecule has 0 spiro atoms. The number of nitrogens with zero attached hydrogens (tertiary/aromatic N) is 1. The molecule has 2 amide bonds. The molecule has 2 rings (SSSR count). The second-order valence-electron chi connectivity index (χ2n) is 7.40. The van der Waals surface area contributed by atoms with Gasteiger partial charge >= 0.3 is 6.09 Å². The first kappa shape index (κ1) is 28.8. The minimum absolute atomic E-state index is 0. The summed E-state index contributed by atoms with van der Waals surface area (Å²) in [5.41, 5.74) is 1.87. The third-order valence-electron chi connectivity index (χ3n) is 3.91. The topological polar surface area (TPSA) is 80.3 Å². The van der Waals surface area contributed by atoms with Crippen LogP contribution in [0.3, 0.4) is 0 Å². The van der Waals surface area contributed by atoms with Crippen molar-refractivity contribution in [3.63, 3.8) is 0 Å². The first-order valence-corrected chi connectivity index (χ1v) is 9.84. The van der Waals surface area contributed by atoms with Gasteiger partial charge in [0.05, 0.1) is 0 Å².